The molecule has 0 unspecified atom stereocenters. The first-order valence-electron chi connectivity index (χ1n) is 6.70. The molecule has 0 aromatic heterocycles. The summed E-state index contributed by atoms with van der Waals surface area (Å²) in [5.41, 5.74) is 0. The van der Waals surface area contributed by atoms with Crippen molar-refractivity contribution in [3.05, 3.63) is 0 Å². The molecule has 0 aliphatic heterocycles. The maximum Gasteiger partial charge on any atom is 0.000415 e. The van der Waals surface area contributed by atoms with Crippen LogP contribution in [0, 0.1) is 11.8 Å². The van der Waals surface area contributed by atoms with Crippen molar-refractivity contribution in [3.63, 3.8) is 0 Å². The van der Waals surface area contributed by atoms with E-state index in [0.717, 1.165) is 11.8 Å². The quantitative estimate of drug-likeness (QED) is 0.691. The summed E-state index contributed by atoms with van der Waals surface area (Å²) < 4.78 is 0. The van der Waals surface area contributed by atoms with E-state index in [0.29, 0.717) is 0 Å². The topological polar surface area (TPSA) is 6.48 Å². The lowest BCUT2D eigenvalue weighted by atomic mass is 10.2. The fourth-order valence-corrected chi connectivity index (χ4v) is 1.73. The molecule has 0 aromatic rings. The molecule has 0 heterocycles. The van der Waals surface area contributed by atoms with Gasteiger partial charge in [0.05, 0.1) is 0 Å². The van der Waals surface area contributed by atoms with Gasteiger partial charge in [0, 0.05) is 6.54 Å². The van der Waals surface area contributed by atoms with Crippen molar-refractivity contribution >= 4 is 0 Å². The molecule has 0 radical (unpaired) electrons. The summed E-state index contributed by atoms with van der Waals surface area (Å²) in [7, 11) is 4.19. The average Bonchev–Trinajstić information content (AvgIpc) is 2.12. The molecule has 0 bridgehead atoms. The van der Waals surface area contributed by atoms with Gasteiger partial charge in [-0.3, -0.25) is 0 Å². The Kier molecular flexibility index (Phi) is 13.0. The highest BCUT2D eigenvalue weighted by Crippen LogP contribution is 1.96. The van der Waals surface area contributed by atoms with Crippen molar-refractivity contribution in [1.82, 2.24) is 9.80 Å². The van der Waals surface area contributed by atoms with Crippen LogP contribution < -0.4 is 0 Å². The summed E-state index contributed by atoms with van der Waals surface area (Å²) in [6.45, 7) is 18.2. The van der Waals surface area contributed by atoms with Crippen molar-refractivity contribution in [1.29, 1.82) is 0 Å². The zero-order valence-electron chi connectivity index (χ0n) is 12.9. The number of rotatable bonds is 6. The second kappa shape index (κ2) is 11.4. The van der Waals surface area contributed by atoms with Crippen LogP contribution in [0.5, 0.6) is 0 Å². The Labute approximate surface area is 104 Å². The molecule has 16 heavy (non-hydrogen) atoms. The smallest absolute Gasteiger partial charge is 0.000415 e. The van der Waals surface area contributed by atoms with E-state index >= 15 is 0 Å². The maximum atomic E-state index is 2.45. The normalized spacial score (nSPS) is 11.2. The van der Waals surface area contributed by atoms with Crippen LogP contribution in [0.2, 0.25) is 0 Å². The number of hydrogen-bond acceptors (Lipinski definition) is 2. The Balaban J connectivity index is 0. The molecule has 0 aliphatic carbocycles. The van der Waals surface area contributed by atoms with Gasteiger partial charge in [-0.25, -0.2) is 0 Å². The summed E-state index contributed by atoms with van der Waals surface area (Å²) in [6.07, 6.45) is 0. The number of hydrogen-bond donors (Lipinski definition) is 0. The Morgan fingerprint density at radius 1 is 0.750 bits per heavy atom. The van der Waals surface area contributed by atoms with Crippen LogP contribution in [0.15, 0.2) is 0 Å². The summed E-state index contributed by atoms with van der Waals surface area (Å²) in [5.74, 6) is 1.61. The van der Waals surface area contributed by atoms with Gasteiger partial charge in [0.2, 0.25) is 0 Å². The predicted octanol–water partition coefficient (Wildman–Crippen LogP) is 3.19. The second-order valence-electron chi connectivity index (χ2n) is 5.54. The molecule has 0 N–H and O–H groups in total. The predicted molar refractivity (Wildman–Crippen MR) is 76.0 cm³/mol. The first-order chi connectivity index (χ1) is 7.33. The largest absolute Gasteiger partial charge is 0.309 e. The summed E-state index contributed by atoms with van der Waals surface area (Å²) in [5, 5.41) is 0. The fourth-order valence-electron chi connectivity index (χ4n) is 1.73. The van der Waals surface area contributed by atoms with E-state index in [4.69, 9.17) is 0 Å². The van der Waals surface area contributed by atoms with Gasteiger partial charge < -0.3 is 9.80 Å². The van der Waals surface area contributed by atoms with Gasteiger partial charge in [-0.1, -0.05) is 41.5 Å². The molecular formula is C14H34N2. The summed E-state index contributed by atoms with van der Waals surface area (Å²) in [6, 6.07) is 0. The Bertz CT molecular complexity index is 121. The number of nitrogens with zero attached hydrogens (tertiary/aromatic N) is 2. The second-order valence-corrected chi connectivity index (χ2v) is 5.54. The molecule has 100 valence electrons. The SMILES string of the molecule is CC(C)CN(C)C.CCN(CC)CC(C)C. The zero-order chi connectivity index (χ0) is 13.1. The van der Waals surface area contributed by atoms with Crippen molar-refractivity contribution < 1.29 is 0 Å². The Morgan fingerprint density at radius 2 is 1.12 bits per heavy atom. The minimum Gasteiger partial charge on any atom is -0.309 e. The van der Waals surface area contributed by atoms with E-state index in [2.05, 4.69) is 65.4 Å². The molecule has 0 amide bonds. The first kappa shape index (κ1) is 18.3. The van der Waals surface area contributed by atoms with Crippen molar-refractivity contribution in [2.24, 2.45) is 11.8 Å². The molecule has 2 nitrogen and oxygen atoms in total. The van der Waals surface area contributed by atoms with Crippen molar-refractivity contribution in [2.75, 3.05) is 40.3 Å². The highest BCUT2D eigenvalue weighted by Gasteiger charge is 2.00. The minimum absolute atomic E-state index is 0.801. The fraction of sp³-hybridized carbons (Fsp3) is 1.00. The first-order valence-corrected chi connectivity index (χ1v) is 6.70. The standard InChI is InChI=1S/C8H19N.C6H15N/c1-5-9(6-2)7-8(3)4;1-6(2)5-7(3)4/h8H,5-7H2,1-4H3;6H,5H2,1-4H3. The lowest BCUT2D eigenvalue weighted by Crippen LogP contribution is -2.26. The third kappa shape index (κ3) is 16.4. The van der Waals surface area contributed by atoms with Crippen LogP contribution in [-0.4, -0.2) is 50.1 Å². The molecule has 0 atom stereocenters. The van der Waals surface area contributed by atoms with Crippen LogP contribution in [0.1, 0.15) is 41.5 Å². The van der Waals surface area contributed by atoms with E-state index < -0.39 is 0 Å². The average molecular weight is 230 g/mol. The molecule has 2 heteroatoms. The van der Waals surface area contributed by atoms with Gasteiger partial charge in [-0.15, -0.1) is 0 Å². The lowest BCUT2D eigenvalue weighted by molar-refractivity contribution is 0.269. The molecule has 0 aromatic carbocycles. The molecule has 0 rings (SSSR count). The van der Waals surface area contributed by atoms with Gasteiger partial charge in [-0.2, -0.15) is 0 Å². The van der Waals surface area contributed by atoms with Gasteiger partial charge in [0.25, 0.3) is 0 Å². The highest BCUT2D eigenvalue weighted by atomic mass is 15.1. The van der Waals surface area contributed by atoms with Gasteiger partial charge in [-0.05, 0) is 45.6 Å². The molecule has 0 spiro atoms. The molecule has 0 saturated heterocycles. The van der Waals surface area contributed by atoms with E-state index in [1.165, 1.54) is 26.2 Å². The Morgan fingerprint density at radius 3 is 1.19 bits per heavy atom. The zero-order valence-corrected chi connectivity index (χ0v) is 12.9. The van der Waals surface area contributed by atoms with Crippen LogP contribution in [0.3, 0.4) is 0 Å². The highest BCUT2D eigenvalue weighted by molar-refractivity contribution is 4.54. The molecule has 0 saturated carbocycles. The van der Waals surface area contributed by atoms with Gasteiger partial charge >= 0.3 is 0 Å². The Hall–Kier alpha value is -0.0800. The third-order valence-electron chi connectivity index (χ3n) is 2.25. The van der Waals surface area contributed by atoms with Crippen molar-refractivity contribution in [2.45, 2.75) is 41.5 Å². The van der Waals surface area contributed by atoms with E-state index in [9.17, 15) is 0 Å². The molecular weight excluding hydrogens is 196 g/mol. The third-order valence-corrected chi connectivity index (χ3v) is 2.25. The van der Waals surface area contributed by atoms with E-state index in [1.807, 2.05) is 0 Å². The van der Waals surface area contributed by atoms with Gasteiger partial charge in [0.1, 0.15) is 0 Å². The van der Waals surface area contributed by atoms with E-state index in [-0.39, 0.29) is 0 Å². The van der Waals surface area contributed by atoms with Crippen LogP contribution in [0.4, 0.5) is 0 Å². The maximum absolute atomic E-state index is 2.45. The summed E-state index contributed by atoms with van der Waals surface area (Å²) >= 11 is 0. The lowest BCUT2D eigenvalue weighted by Gasteiger charge is -2.19. The molecule has 0 fully saturated rings. The minimum atomic E-state index is 0.801. The summed E-state index contributed by atoms with van der Waals surface area (Å²) in [4.78, 5) is 4.65. The van der Waals surface area contributed by atoms with Crippen molar-refractivity contribution in [3.8, 4) is 0 Å². The van der Waals surface area contributed by atoms with Crippen LogP contribution in [-0.2, 0) is 0 Å². The van der Waals surface area contributed by atoms with Gasteiger partial charge in [0.15, 0.2) is 0 Å². The van der Waals surface area contributed by atoms with Crippen LogP contribution in [0.25, 0.3) is 0 Å². The monoisotopic (exact) mass is 230 g/mol. The van der Waals surface area contributed by atoms with E-state index in [1.54, 1.807) is 0 Å². The van der Waals surface area contributed by atoms with Crippen LogP contribution >= 0.6 is 0 Å². The molecule has 0 aliphatic rings.